The summed E-state index contributed by atoms with van der Waals surface area (Å²) in [6, 6.07) is 13.5. The molecule has 0 amide bonds. The van der Waals surface area contributed by atoms with E-state index in [-0.39, 0.29) is 0 Å². The summed E-state index contributed by atoms with van der Waals surface area (Å²) in [6.45, 7) is 4.29. The Hall–Kier alpha value is -1.45. The number of aryl methyl sites for hydroxylation is 1. The number of nitrogens with one attached hydrogen (secondary N) is 1. The van der Waals surface area contributed by atoms with E-state index in [2.05, 4.69) is 59.4 Å². The molecule has 2 aromatic rings. The smallest absolute Gasteiger partial charge is 0.106 e. The summed E-state index contributed by atoms with van der Waals surface area (Å²) in [5.41, 5.74) is 3.94. The van der Waals surface area contributed by atoms with Crippen LogP contribution in [0.5, 0.6) is 0 Å². The minimum atomic E-state index is 0.504. The molecule has 1 atom stereocenters. The molecule has 3 heteroatoms. The number of benzene rings is 1. The van der Waals surface area contributed by atoms with Crippen molar-refractivity contribution < 1.29 is 0 Å². The minimum Gasteiger partial charge on any atom is -0.352 e. The molecule has 1 aromatic heterocycles. The van der Waals surface area contributed by atoms with Crippen LogP contribution < -0.4 is 0 Å². The van der Waals surface area contributed by atoms with E-state index in [1.807, 2.05) is 0 Å². The first-order valence-electron chi connectivity index (χ1n) is 7.71. The van der Waals surface area contributed by atoms with Crippen LogP contribution in [0.2, 0.25) is 0 Å². The van der Waals surface area contributed by atoms with Crippen molar-refractivity contribution in [2.45, 2.75) is 38.8 Å². The largest absolute Gasteiger partial charge is 0.352 e. The SMILES string of the molecule is Cc1cc([C@H]2CCCCN2Cc2ccccc2)c[nH]c1=S. The molecule has 0 saturated carbocycles. The summed E-state index contributed by atoms with van der Waals surface area (Å²) in [4.78, 5) is 5.84. The van der Waals surface area contributed by atoms with E-state index >= 15 is 0 Å². The zero-order valence-corrected chi connectivity index (χ0v) is 13.3. The van der Waals surface area contributed by atoms with Crippen LogP contribution in [0.15, 0.2) is 42.6 Å². The van der Waals surface area contributed by atoms with E-state index in [1.54, 1.807) is 0 Å². The molecule has 0 unspecified atom stereocenters. The predicted octanol–water partition coefficient (Wildman–Crippen LogP) is 4.78. The minimum absolute atomic E-state index is 0.504. The Kier molecular flexibility index (Phi) is 4.51. The monoisotopic (exact) mass is 298 g/mol. The van der Waals surface area contributed by atoms with Crippen molar-refractivity contribution >= 4 is 12.2 Å². The Morgan fingerprint density at radius 1 is 1.24 bits per heavy atom. The summed E-state index contributed by atoms with van der Waals surface area (Å²) in [5.74, 6) is 0. The van der Waals surface area contributed by atoms with Crippen LogP contribution in [-0.2, 0) is 6.54 Å². The molecule has 2 heterocycles. The average molecular weight is 298 g/mol. The lowest BCUT2D eigenvalue weighted by Crippen LogP contribution is -2.33. The molecule has 110 valence electrons. The van der Waals surface area contributed by atoms with Crippen LogP contribution in [-0.4, -0.2) is 16.4 Å². The van der Waals surface area contributed by atoms with Crippen LogP contribution >= 0.6 is 12.2 Å². The number of hydrogen-bond donors (Lipinski definition) is 1. The average Bonchev–Trinajstić information content (AvgIpc) is 2.52. The third kappa shape index (κ3) is 3.42. The highest BCUT2D eigenvalue weighted by Crippen LogP contribution is 2.32. The van der Waals surface area contributed by atoms with Crippen LogP contribution in [0.1, 0.15) is 42.0 Å². The first-order chi connectivity index (χ1) is 10.2. The lowest BCUT2D eigenvalue weighted by molar-refractivity contribution is 0.140. The molecule has 1 saturated heterocycles. The van der Waals surface area contributed by atoms with Gasteiger partial charge in [0.05, 0.1) is 0 Å². The number of likely N-dealkylation sites (tertiary alicyclic amines) is 1. The van der Waals surface area contributed by atoms with E-state index in [0.717, 1.165) is 11.2 Å². The van der Waals surface area contributed by atoms with Gasteiger partial charge in [0.1, 0.15) is 4.64 Å². The number of aromatic amines is 1. The van der Waals surface area contributed by atoms with Crippen molar-refractivity contribution in [3.8, 4) is 0 Å². The van der Waals surface area contributed by atoms with Crippen molar-refractivity contribution in [2.24, 2.45) is 0 Å². The second kappa shape index (κ2) is 6.54. The molecule has 1 aliphatic rings. The molecule has 0 bridgehead atoms. The molecule has 1 aliphatic heterocycles. The number of hydrogen-bond acceptors (Lipinski definition) is 2. The fourth-order valence-electron chi connectivity index (χ4n) is 3.19. The van der Waals surface area contributed by atoms with Gasteiger partial charge in [-0.3, -0.25) is 4.90 Å². The molecule has 0 aliphatic carbocycles. The van der Waals surface area contributed by atoms with Gasteiger partial charge in [-0.15, -0.1) is 0 Å². The van der Waals surface area contributed by atoms with Crippen molar-refractivity contribution in [3.63, 3.8) is 0 Å². The molecular formula is C18H22N2S. The zero-order valence-electron chi connectivity index (χ0n) is 12.5. The summed E-state index contributed by atoms with van der Waals surface area (Å²) in [5, 5.41) is 0. The highest BCUT2D eigenvalue weighted by molar-refractivity contribution is 7.71. The van der Waals surface area contributed by atoms with Gasteiger partial charge in [0.25, 0.3) is 0 Å². The van der Waals surface area contributed by atoms with E-state index < -0.39 is 0 Å². The van der Waals surface area contributed by atoms with Gasteiger partial charge in [-0.2, -0.15) is 0 Å². The number of pyridine rings is 1. The Labute approximate surface area is 131 Å². The predicted molar refractivity (Wildman–Crippen MR) is 89.8 cm³/mol. The third-order valence-electron chi connectivity index (χ3n) is 4.34. The van der Waals surface area contributed by atoms with E-state index in [0.29, 0.717) is 6.04 Å². The lowest BCUT2D eigenvalue weighted by atomic mass is 9.95. The maximum absolute atomic E-state index is 5.28. The molecule has 2 nitrogen and oxygen atoms in total. The zero-order chi connectivity index (χ0) is 14.7. The summed E-state index contributed by atoms with van der Waals surface area (Å²) >= 11 is 5.28. The fraction of sp³-hybridized carbons (Fsp3) is 0.389. The van der Waals surface area contributed by atoms with Crippen molar-refractivity contribution in [2.75, 3.05) is 6.54 Å². The molecule has 1 N–H and O–H groups in total. The number of piperidine rings is 1. The Balaban J connectivity index is 1.84. The van der Waals surface area contributed by atoms with Gasteiger partial charge in [0.15, 0.2) is 0 Å². The maximum Gasteiger partial charge on any atom is 0.106 e. The van der Waals surface area contributed by atoms with Crippen LogP contribution in [0.4, 0.5) is 0 Å². The molecule has 0 radical (unpaired) electrons. The van der Waals surface area contributed by atoms with Gasteiger partial charge in [0, 0.05) is 18.8 Å². The van der Waals surface area contributed by atoms with Crippen LogP contribution in [0, 0.1) is 11.6 Å². The normalized spacial score (nSPS) is 19.6. The van der Waals surface area contributed by atoms with Crippen molar-refractivity contribution in [1.29, 1.82) is 0 Å². The standard InChI is InChI=1S/C18H22N2S/c1-14-11-16(12-19-18(14)21)17-9-5-6-10-20(17)13-15-7-3-2-4-8-15/h2-4,7-8,11-12,17H,5-6,9-10,13H2,1H3,(H,19,21)/t17-/m1/s1. The highest BCUT2D eigenvalue weighted by Gasteiger charge is 2.24. The topological polar surface area (TPSA) is 19.0 Å². The van der Waals surface area contributed by atoms with Gasteiger partial charge >= 0.3 is 0 Å². The molecule has 0 spiro atoms. The maximum atomic E-state index is 5.28. The summed E-state index contributed by atoms with van der Waals surface area (Å²) < 4.78 is 0.851. The first kappa shape index (κ1) is 14.5. The number of nitrogens with zero attached hydrogens (tertiary/aromatic N) is 1. The molecule has 3 rings (SSSR count). The second-order valence-electron chi connectivity index (χ2n) is 5.91. The van der Waals surface area contributed by atoms with E-state index in [9.17, 15) is 0 Å². The van der Waals surface area contributed by atoms with Crippen LogP contribution in [0.3, 0.4) is 0 Å². The van der Waals surface area contributed by atoms with Gasteiger partial charge in [0.2, 0.25) is 0 Å². The number of aromatic nitrogens is 1. The van der Waals surface area contributed by atoms with Gasteiger partial charge in [-0.25, -0.2) is 0 Å². The van der Waals surface area contributed by atoms with E-state index in [4.69, 9.17) is 12.2 Å². The number of rotatable bonds is 3. The number of H-pyrrole nitrogens is 1. The Bertz CT molecular complexity index is 648. The quantitative estimate of drug-likeness (QED) is 0.822. The van der Waals surface area contributed by atoms with Crippen molar-refractivity contribution in [3.05, 3.63) is 63.9 Å². The molecular weight excluding hydrogens is 276 g/mol. The van der Waals surface area contributed by atoms with Crippen LogP contribution in [0.25, 0.3) is 0 Å². The summed E-state index contributed by atoms with van der Waals surface area (Å²) in [7, 11) is 0. The van der Waals surface area contributed by atoms with Gasteiger partial charge in [-0.1, -0.05) is 55.0 Å². The molecule has 1 aromatic carbocycles. The molecule has 1 fully saturated rings. The third-order valence-corrected chi connectivity index (χ3v) is 4.78. The summed E-state index contributed by atoms with van der Waals surface area (Å²) in [6.07, 6.45) is 5.94. The highest BCUT2D eigenvalue weighted by atomic mass is 32.1. The first-order valence-corrected chi connectivity index (χ1v) is 8.12. The van der Waals surface area contributed by atoms with Gasteiger partial charge in [-0.05, 0) is 43.0 Å². The Morgan fingerprint density at radius 3 is 2.81 bits per heavy atom. The second-order valence-corrected chi connectivity index (χ2v) is 6.32. The van der Waals surface area contributed by atoms with Gasteiger partial charge < -0.3 is 4.98 Å². The molecule has 21 heavy (non-hydrogen) atoms. The van der Waals surface area contributed by atoms with E-state index in [1.165, 1.54) is 42.5 Å². The lowest BCUT2D eigenvalue weighted by Gasteiger charge is -2.36. The Morgan fingerprint density at radius 2 is 2.05 bits per heavy atom. The van der Waals surface area contributed by atoms with Crippen molar-refractivity contribution in [1.82, 2.24) is 9.88 Å². The fourth-order valence-corrected chi connectivity index (χ4v) is 3.31.